The van der Waals surface area contributed by atoms with Gasteiger partial charge in [-0.3, -0.25) is 4.79 Å². The van der Waals surface area contributed by atoms with Crippen LogP contribution in [0.5, 0.6) is 11.5 Å². The van der Waals surface area contributed by atoms with Gasteiger partial charge in [0.1, 0.15) is 11.3 Å². The first kappa shape index (κ1) is 19.4. The molecular weight excluding hydrogens is 366 g/mol. The number of methoxy groups -OCH3 is 2. The fraction of sp³-hybridized carbons (Fsp3) is 0.375. The minimum absolute atomic E-state index is 0.208. The first-order valence-electron chi connectivity index (χ1n) is 10.1. The molecule has 4 rings (SSSR count). The summed E-state index contributed by atoms with van der Waals surface area (Å²) in [6.45, 7) is 4.00. The van der Waals surface area contributed by atoms with E-state index in [1.54, 1.807) is 14.2 Å². The summed E-state index contributed by atoms with van der Waals surface area (Å²) in [5, 5.41) is 0.993. The first-order valence-corrected chi connectivity index (χ1v) is 10.1. The number of nitrogens with zero attached hydrogens (tertiary/aromatic N) is 1. The normalized spacial score (nSPS) is 14.9. The molecule has 1 aliphatic rings. The van der Waals surface area contributed by atoms with Crippen molar-refractivity contribution in [2.75, 3.05) is 27.3 Å². The van der Waals surface area contributed by atoms with Crippen molar-refractivity contribution in [1.29, 1.82) is 0 Å². The quantitative estimate of drug-likeness (QED) is 0.617. The molecule has 0 bridgehead atoms. The van der Waals surface area contributed by atoms with Crippen LogP contribution in [0.3, 0.4) is 0 Å². The smallest absolute Gasteiger partial charge is 0.226 e. The van der Waals surface area contributed by atoms with Crippen LogP contribution in [0.4, 0.5) is 0 Å². The summed E-state index contributed by atoms with van der Waals surface area (Å²) < 4.78 is 16.7. The Morgan fingerprint density at radius 1 is 1.03 bits per heavy atom. The second kappa shape index (κ2) is 8.19. The van der Waals surface area contributed by atoms with Crippen molar-refractivity contribution in [1.82, 2.24) is 4.90 Å². The van der Waals surface area contributed by atoms with Crippen LogP contribution in [0.25, 0.3) is 22.3 Å². The summed E-state index contributed by atoms with van der Waals surface area (Å²) in [7, 11) is 3.23. The molecule has 1 fully saturated rings. The molecule has 152 valence electrons. The molecule has 29 heavy (non-hydrogen) atoms. The van der Waals surface area contributed by atoms with Gasteiger partial charge in [-0.2, -0.15) is 0 Å². The number of carbonyl (C=O) groups is 1. The van der Waals surface area contributed by atoms with E-state index in [1.807, 2.05) is 47.4 Å². The van der Waals surface area contributed by atoms with Gasteiger partial charge in [-0.05, 0) is 60.7 Å². The highest BCUT2D eigenvalue weighted by Gasteiger charge is 2.20. The zero-order valence-corrected chi connectivity index (χ0v) is 17.2. The lowest BCUT2D eigenvalue weighted by atomic mass is 9.98. The molecule has 2 heterocycles. The summed E-state index contributed by atoms with van der Waals surface area (Å²) in [6.07, 6.45) is 2.63. The number of furan rings is 1. The predicted molar refractivity (Wildman–Crippen MR) is 113 cm³/mol. The zero-order chi connectivity index (χ0) is 20.4. The second-order valence-electron chi connectivity index (χ2n) is 7.79. The molecule has 0 unspecified atom stereocenters. The van der Waals surface area contributed by atoms with Crippen molar-refractivity contribution >= 4 is 16.9 Å². The average Bonchev–Trinajstić information content (AvgIpc) is 3.17. The highest BCUT2D eigenvalue weighted by atomic mass is 16.5. The van der Waals surface area contributed by atoms with Gasteiger partial charge in [0, 0.05) is 24.0 Å². The maximum Gasteiger partial charge on any atom is 0.226 e. The Morgan fingerprint density at radius 3 is 2.52 bits per heavy atom. The van der Waals surface area contributed by atoms with E-state index in [9.17, 15) is 4.79 Å². The number of benzene rings is 2. The standard InChI is InChI=1S/C24H27NO4/c1-16-8-10-25(11-9-16)24(26)13-17-4-6-20-19(12-17)15-22(29-20)18-5-7-21(27-2)23(14-18)28-3/h4-7,12,14-16H,8-11,13H2,1-3H3. The number of carbonyl (C=O) groups excluding carboxylic acids is 1. The van der Waals surface area contributed by atoms with E-state index in [4.69, 9.17) is 13.9 Å². The van der Waals surface area contributed by atoms with Gasteiger partial charge >= 0.3 is 0 Å². The van der Waals surface area contributed by atoms with Crippen molar-refractivity contribution in [3.8, 4) is 22.8 Å². The average molecular weight is 393 g/mol. The van der Waals surface area contributed by atoms with Crippen molar-refractivity contribution < 1.29 is 18.7 Å². The third-order valence-corrected chi connectivity index (χ3v) is 5.74. The molecular formula is C24H27NO4. The van der Waals surface area contributed by atoms with Gasteiger partial charge in [-0.15, -0.1) is 0 Å². The zero-order valence-electron chi connectivity index (χ0n) is 17.2. The maximum absolute atomic E-state index is 12.6. The van der Waals surface area contributed by atoms with Gasteiger partial charge in [0.2, 0.25) is 5.91 Å². The monoisotopic (exact) mass is 393 g/mol. The molecule has 1 aromatic heterocycles. The highest BCUT2D eigenvalue weighted by Crippen LogP contribution is 2.35. The predicted octanol–water partition coefficient (Wildman–Crippen LogP) is 4.92. The van der Waals surface area contributed by atoms with Crippen LogP contribution in [-0.4, -0.2) is 38.1 Å². The summed E-state index contributed by atoms with van der Waals surface area (Å²) in [6, 6.07) is 13.7. The molecule has 1 aliphatic heterocycles. The van der Waals surface area contributed by atoms with Crippen molar-refractivity contribution in [3.05, 3.63) is 48.0 Å². The first-order chi connectivity index (χ1) is 14.1. The Bertz CT molecular complexity index is 1010. The lowest BCUT2D eigenvalue weighted by molar-refractivity contribution is -0.131. The highest BCUT2D eigenvalue weighted by molar-refractivity contribution is 5.86. The summed E-state index contributed by atoms with van der Waals surface area (Å²) in [4.78, 5) is 14.6. The number of rotatable bonds is 5. The van der Waals surface area contributed by atoms with Crippen LogP contribution >= 0.6 is 0 Å². The van der Waals surface area contributed by atoms with E-state index in [2.05, 4.69) is 6.92 Å². The SMILES string of the molecule is COc1ccc(-c2cc3cc(CC(=O)N4CCC(C)CC4)ccc3o2)cc1OC. The third-order valence-electron chi connectivity index (χ3n) is 5.74. The van der Waals surface area contributed by atoms with E-state index >= 15 is 0 Å². The Labute approximate surface area is 171 Å². The lowest BCUT2D eigenvalue weighted by Gasteiger charge is -2.30. The number of fused-ring (bicyclic) bond motifs is 1. The van der Waals surface area contributed by atoms with Crippen molar-refractivity contribution in [3.63, 3.8) is 0 Å². The second-order valence-corrected chi connectivity index (χ2v) is 7.79. The molecule has 1 amide bonds. The van der Waals surface area contributed by atoms with E-state index in [0.29, 0.717) is 17.9 Å². The van der Waals surface area contributed by atoms with Crippen LogP contribution < -0.4 is 9.47 Å². The Morgan fingerprint density at radius 2 is 1.79 bits per heavy atom. The summed E-state index contributed by atoms with van der Waals surface area (Å²) >= 11 is 0. The van der Waals surface area contributed by atoms with Gasteiger partial charge in [-0.25, -0.2) is 0 Å². The number of piperidine rings is 1. The van der Waals surface area contributed by atoms with Gasteiger partial charge in [0.15, 0.2) is 11.5 Å². The van der Waals surface area contributed by atoms with Gasteiger partial charge in [0.05, 0.1) is 20.6 Å². The number of ether oxygens (including phenoxy) is 2. The number of hydrogen-bond donors (Lipinski definition) is 0. The number of amides is 1. The van der Waals surface area contributed by atoms with E-state index < -0.39 is 0 Å². The lowest BCUT2D eigenvalue weighted by Crippen LogP contribution is -2.38. The molecule has 5 heteroatoms. The Kier molecular flexibility index (Phi) is 5.47. The molecule has 0 saturated carbocycles. The molecule has 0 N–H and O–H groups in total. The van der Waals surface area contributed by atoms with Crippen LogP contribution in [0, 0.1) is 5.92 Å². The van der Waals surface area contributed by atoms with Crippen LogP contribution in [-0.2, 0) is 11.2 Å². The topological polar surface area (TPSA) is 51.9 Å². The Hall–Kier alpha value is -2.95. The molecule has 3 aromatic rings. The molecule has 0 spiro atoms. The molecule has 2 aromatic carbocycles. The summed E-state index contributed by atoms with van der Waals surface area (Å²) in [5.41, 5.74) is 2.73. The number of hydrogen-bond acceptors (Lipinski definition) is 4. The van der Waals surface area contributed by atoms with E-state index in [-0.39, 0.29) is 5.91 Å². The number of likely N-dealkylation sites (tertiary alicyclic amines) is 1. The fourth-order valence-corrected chi connectivity index (χ4v) is 3.88. The van der Waals surface area contributed by atoms with Crippen LogP contribution in [0.2, 0.25) is 0 Å². The maximum atomic E-state index is 12.6. The fourth-order valence-electron chi connectivity index (χ4n) is 3.88. The third kappa shape index (κ3) is 4.09. The minimum atomic E-state index is 0.208. The molecule has 0 radical (unpaired) electrons. The van der Waals surface area contributed by atoms with Crippen LogP contribution in [0.1, 0.15) is 25.3 Å². The van der Waals surface area contributed by atoms with E-state index in [0.717, 1.165) is 59.7 Å². The van der Waals surface area contributed by atoms with Crippen molar-refractivity contribution in [2.24, 2.45) is 5.92 Å². The molecule has 0 aliphatic carbocycles. The van der Waals surface area contributed by atoms with Gasteiger partial charge < -0.3 is 18.8 Å². The molecule has 0 atom stereocenters. The minimum Gasteiger partial charge on any atom is -0.493 e. The largest absolute Gasteiger partial charge is 0.493 e. The van der Waals surface area contributed by atoms with Gasteiger partial charge in [-0.1, -0.05) is 13.0 Å². The summed E-state index contributed by atoms with van der Waals surface area (Å²) in [5.74, 6) is 3.03. The van der Waals surface area contributed by atoms with E-state index in [1.165, 1.54) is 0 Å². The Balaban J connectivity index is 1.54. The molecule has 1 saturated heterocycles. The molecule has 5 nitrogen and oxygen atoms in total. The van der Waals surface area contributed by atoms with Gasteiger partial charge in [0.25, 0.3) is 0 Å². The van der Waals surface area contributed by atoms with Crippen molar-refractivity contribution in [2.45, 2.75) is 26.2 Å². The van der Waals surface area contributed by atoms with Crippen LogP contribution in [0.15, 0.2) is 46.9 Å².